The topological polar surface area (TPSA) is 135 Å². The summed E-state index contributed by atoms with van der Waals surface area (Å²) in [6.07, 6.45) is 0. The average Bonchev–Trinajstić information content (AvgIpc) is 2.84. The monoisotopic (exact) mass is 583 g/mol. The highest BCUT2D eigenvalue weighted by atomic mass is 35.5. The Labute approximate surface area is 225 Å². The molecule has 8 nitrogen and oxygen atoms in total. The second-order valence-corrected chi connectivity index (χ2v) is 13.3. The fourth-order valence-electron chi connectivity index (χ4n) is 3.57. The molecule has 1 amide bonds. The van der Waals surface area contributed by atoms with Crippen LogP contribution in [0.2, 0.25) is 10.0 Å². The Bertz CT molecular complexity index is 1530. The first-order valence-corrected chi connectivity index (χ1v) is 15.1. The van der Waals surface area contributed by atoms with Crippen molar-refractivity contribution in [2.45, 2.75) is 29.6 Å². The minimum Gasteiger partial charge on any atom is -0.480 e. The lowest BCUT2D eigenvalue weighted by Crippen LogP contribution is -2.27. The molecular formula is C25H23Cl2NO7S2. The van der Waals surface area contributed by atoms with E-state index in [1.54, 1.807) is 19.1 Å². The van der Waals surface area contributed by atoms with Crippen molar-refractivity contribution in [2.75, 3.05) is 16.8 Å². The molecule has 0 bridgehead atoms. The number of halogens is 2. The van der Waals surface area contributed by atoms with E-state index in [2.05, 4.69) is 5.32 Å². The Morgan fingerprint density at radius 1 is 0.811 bits per heavy atom. The van der Waals surface area contributed by atoms with Gasteiger partial charge in [-0.3, -0.25) is 9.59 Å². The van der Waals surface area contributed by atoms with E-state index in [-0.39, 0.29) is 42.6 Å². The van der Waals surface area contributed by atoms with E-state index >= 15 is 0 Å². The van der Waals surface area contributed by atoms with E-state index < -0.39 is 37.5 Å². The molecule has 0 saturated carbocycles. The van der Waals surface area contributed by atoms with Gasteiger partial charge in [0.2, 0.25) is 5.91 Å². The second-order valence-electron chi connectivity index (χ2n) is 7.98. The predicted molar refractivity (Wildman–Crippen MR) is 143 cm³/mol. The van der Waals surface area contributed by atoms with E-state index in [0.717, 1.165) is 0 Å². The van der Waals surface area contributed by atoms with Gasteiger partial charge in [0, 0.05) is 11.3 Å². The van der Waals surface area contributed by atoms with Crippen molar-refractivity contribution in [2.24, 2.45) is 0 Å². The number of carboxylic acids is 1. The van der Waals surface area contributed by atoms with Crippen LogP contribution >= 0.6 is 23.2 Å². The summed E-state index contributed by atoms with van der Waals surface area (Å²) in [5.74, 6) is -4.09. The molecule has 3 aromatic carbocycles. The van der Waals surface area contributed by atoms with Crippen molar-refractivity contribution in [3.63, 3.8) is 0 Å². The molecule has 1 unspecified atom stereocenters. The van der Waals surface area contributed by atoms with Crippen LogP contribution in [0.5, 0.6) is 0 Å². The minimum absolute atomic E-state index is 0.0257. The highest BCUT2D eigenvalue weighted by Crippen LogP contribution is 2.38. The average molecular weight is 584 g/mol. The molecule has 3 aromatic rings. The first-order valence-electron chi connectivity index (χ1n) is 11.0. The van der Waals surface area contributed by atoms with Gasteiger partial charge < -0.3 is 10.4 Å². The van der Waals surface area contributed by atoms with Crippen molar-refractivity contribution in [1.29, 1.82) is 0 Å². The fourth-order valence-corrected chi connectivity index (χ4v) is 6.04. The number of carboxylic acid groups (broad SMARTS) is 1. The summed E-state index contributed by atoms with van der Waals surface area (Å²) in [6, 6.07) is 13.9. The van der Waals surface area contributed by atoms with Crippen molar-refractivity contribution < 1.29 is 31.5 Å². The summed E-state index contributed by atoms with van der Waals surface area (Å²) in [7, 11) is -6.86. The number of carbonyl (C=O) groups excluding carboxylic acids is 1. The maximum Gasteiger partial charge on any atom is 0.320 e. The van der Waals surface area contributed by atoms with Crippen LogP contribution < -0.4 is 5.32 Å². The lowest BCUT2D eigenvalue weighted by molar-refractivity contribution is -0.141. The van der Waals surface area contributed by atoms with Crippen LogP contribution in [-0.2, 0) is 29.3 Å². The summed E-state index contributed by atoms with van der Waals surface area (Å²) in [5.41, 5.74) is 1.19. The zero-order valence-electron chi connectivity index (χ0n) is 19.7. The first kappa shape index (κ1) is 28.6. The van der Waals surface area contributed by atoms with Gasteiger partial charge in [0.1, 0.15) is 0 Å². The Kier molecular flexibility index (Phi) is 8.69. The number of aliphatic carboxylic acids is 1. The summed E-state index contributed by atoms with van der Waals surface area (Å²) >= 11 is 12.8. The molecular weight excluding hydrogens is 561 g/mol. The summed E-state index contributed by atoms with van der Waals surface area (Å²) in [5, 5.41) is 12.5. The molecule has 0 saturated heterocycles. The Hall–Kier alpha value is -2.92. The summed E-state index contributed by atoms with van der Waals surface area (Å²) in [6.45, 7) is 3.04. The van der Waals surface area contributed by atoms with Gasteiger partial charge in [0.05, 0.1) is 31.3 Å². The van der Waals surface area contributed by atoms with E-state index in [1.807, 2.05) is 0 Å². The molecule has 0 heterocycles. The van der Waals surface area contributed by atoms with Crippen molar-refractivity contribution in [3.05, 3.63) is 76.3 Å². The number of anilines is 1. The highest BCUT2D eigenvalue weighted by Gasteiger charge is 2.29. The molecule has 196 valence electrons. The third-order valence-electron chi connectivity index (χ3n) is 5.65. The molecule has 12 heteroatoms. The number of nitrogens with one attached hydrogen (secondary N) is 1. The maximum atomic E-state index is 12.9. The SMILES string of the molecule is CCS(=O)(=O)c1ccc(-c2c(Cl)cc(NC(=O)C(C(=O)O)c3ccc(S(=O)(=O)CC)cc3)cc2Cl)cc1. The zero-order chi connectivity index (χ0) is 27.5. The number of hydrogen-bond donors (Lipinski definition) is 2. The van der Waals surface area contributed by atoms with Gasteiger partial charge in [-0.1, -0.05) is 61.3 Å². The number of rotatable bonds is 9. The fraction of sp³-hybridized carbons (Fsp3) is 0.200. The van der Waals surface area contributed by atoms with Crippen LogP contribution in [0.4, 0.5) is 5.69 Å². The predicted octanol–water partition coefficient (Wildman–Crippen LogP) is 5.05. The number of sulfone groups is 2. The molecule has 0 fully saturated rings. The molecule has 2 N–H and O–H groups in total. The normalized spacial score (nSPS) is 12.6. The van der Waals surface area contributed by atoms with Gasteiger partial charge in [-0.25, -0.2) is 16.8 Å². The van der Waals surface area contributed by atoms with E-state index in [0.29, 0.717) is 11.1 Å². The first-order chi connectivity index (χ1) is 17.3. The highest BCUT2D eigenvalue weighted by molar-refractivity contribution is 7.91. The maximum absolute atomic E-state index is 12.9. The zero-order valence-corrected chi connectivity index (χ0v) is 22.9. The van der Waals surface area contributed by atoms with Gasteiger partial charge in [0.25, 0.3) is 0 Å². The number of carbonyl (C=O) groups is 2. The molecule has 0 aliphatic rings. The third-order valence-corrected chi connectivity index (χ3v) is 9.75. The van der Waals surface area contributed by atoms with Gasteiger partial charge in [-0.15, -0.1) is 0 Å². The molecule has 0 aromatic heterocycles. The largest absolute Gasteiger partial charge is 0.480 e. The Balaban J connectivity index is 1.88. The van der Waals surface area contributed by atoms with Crippen LogP contribution in [0.15, 0.2) is 70.5 Å². The lowest BCUT2D eigenvalue weighted by Gasteiger charge is -2.16. The molecule has 0 aliphatic heterocycles. The number of amides is 1. The van der Waals surface area contributed by atoms with Crippen LogP contribution in [0.25, 0.3) is 11.1 Å². The Morgan fingerprint density at radius 2 is 1.24 bits per heavy atom. The van der Waals surface area contributed by atoms with E-state index in [1.165, 1.54) is 55.5 Å². The minimum atomic E-state index is -3.48. The van der Waals surface area contributed by atoms with Crippen molar-refractivity contribution >= 4 is 60.4 Å². The van der Waals surface area contributed by atoms with Crippen LogP contribution in [0, 0.1) is 0 Å². The quantitative estimate of drug-likeness (QED) is 0.336. The van der Waals surface area contributed by atoms with Gasteiger partial charge in [-0.05, 0) is 47.5 Å². The molecule has 37 heavy (non-hydrogen) atoms. The van der Waals surface area contributed by atoms with Gasteiger partial charge in [0.15, 0.2) is 25.6 Å². The lowest BCUT2D eigenvalue weighted by atomic mass is 9.98. The van der Waals surface area contributed by atoms with E-state index in [4.69, 9.17) is 23.2 Å². The smallest absolute Gasteiger partial charge is 0.320 e. The van der Waals surface area contributed by atoms with Gasteiger partial charge in [-0.2, -0.15) is 0 Å². The number of hydrogen-bond acceptors (Lipinski definition) is 6. The molecule has 0 spiro atoms. The van der Waals surface area contributed by atoms with Crippen LogP contribution in [0.1, 0.15) is 25.3 Å². The van der Waals surface area contributed by atoms with E-state index in [9.17, 15) is 31.5 Å². The van der Waals surface area contributed by atoms with Crippen molar-refractivity contribution in [1.82, 2.24) is 0 Å². The molecule has 0 aliphatic carbocycles. The molecule has 1 atom stereocenters. The standard InChI is InChI=1S/C25H23Cl2NO7S2/c1-3-36(32,33)18-9-5-15(6-10-18)22-20(26)13-17(14-21(22)27)28-24(29)23(25(30)31)16-7-11-19(12-8-16)37(34,35)4-2/h5-14,23H,3-4H2,1-2H3,(H,28,29)(H,30,31). The third kappa shape index (κ3) is 6.32. The second kappa shape index (κ2) is 11.2. The summed E-state index contributed by atoms with van der Waals surface area (Å²) < 4.78 is 48.1. The number of benzene rings is 3. The van der Waals surface area contributed by atoms with Crippen LogP contribution in [0.3, 0.4) is 0 Å². The van der Waals surface area contributed by atoms with Crippen molar-refractivity contribution in [3.8, 4) is 11.1 Å². The molecule has 0 radical (unpaired) electrons. The van der Waals surface area contributed by atoms with Crippen LogP contribution in [-0.4, -0.2) is 45.3 Å². The summed E-state index contributed by atoms with van der Waals surface area (Å²) in [4.78, 5) is 25.0. The Morgan fingerprint density at radius 3 is 1.65 bits per heavy atom. The molecule has 3 rings (SSSR count). The van der Waals surface area contributed by atoms with Gasteiger partial charge >= 0.3 is 5.97 Å².